The lowest BCUT2D eigenvalue weighted by atomic mass is 9.98. The molecule has 2 fully saturated rings. The van der Waals surface area contributed by atoms with E-state index in [2.05, 4.69) is 38.0 Å². The number of ether oxygens (including phenoxy) is 5. The van der Waals surface area contributed by atoms with E-state index < -0.39 is 55.1 Å². The van der Waals surface area contributed by atoms with Crippen LogP contribution in [0.4, 0.5) is 4.79 Å². The van der Waals surface area contributed by atoms with E-state index in [-0.39, 0.29) is 36.4 Å². The average Bonchev–Trinajstić information content (AvgIpc) is 3.77. The summed E-state index contributed by atoms with van der Waals surface area (Å²) in [4.78, 5) is 18.3. The summed E-state index contributed by atoms with van der Waals surface area (Å²) in [5.41, 5.74) is 0.403. The number of hydrogen-bond acceptors (Lipinski definition) is 11. The number of carbonyl (C=O) groups excluding carboxylic acids is 1. The van der Waals surface area contributed by atoms with Crippen molar-refractivity contribution in [2.45, 2.75) is 114 Å². The highest BCUT2D eigenvalue weighted by molar-refractivity contribution is 7.89. The third-order valence-corrected chi connectivity index (χ3v) is 16.6. The van der Waals surface area contributed by atoms with E-state index in [9.17, 15) is 18.3 Å². The van der Waals surface area contributed by atoms with Gasteiger partial charge in [-0.2, -0.15) is 4.31 Å². The van der Waals surface area contributed by atoms with Gasteiger partial charge in [0.1, 0.15) is 18.0 Å². The summed E-state index contributed by atoms with van der Waals surface area (Å²) < 4.78 is 65.5. The van der Waals surface area contributed by atoms with Crippen LogP contribution >= 0.6 is 0 Å². The van der Waals surface area contributed by atoms with Crippen molar-refractivity contribution in [3.63, 3.8) is 0 Å². The minimum Gasteiger partial charge on any atom is -0.497 e. The molecule has 1 amide bonds. The number of aliphatic hydroxyl groups excluding tert-OH is 1. The smallest absolute Gasteiger partial charge is 0.407 e. The molecule has 2 aliphatic rings. The van der Waals surface area contributed by atoms with Crippen LogP contribution in [0.15, 0.2) is 47.5 Å². The number of alkyl carbamates (subject to hydrolysis) is 1. The number of fused-ring (bicyclic) bond motifs is 1. The van der Waals surface area contributed by atoms with Crippen LogP contribution < -0.4 is 14.8 Å². The van der Waals surface area contributed by atoms with Gasteiger partial charge in [-0.3, -0.25) is 0 Å². The molecule has 4 rings (SSSR count). The number of pyridine rings is 1. The molecule has 1 aromatic heterocycles. The van der Waals surface area contributed by atoms with E-state index in [1.54, 1.807) is 24.3 Å². The summed E-state index contributed by atoms with van der Waals surface area (Å²) >= 11 is 0. The van der Waals surface area contributed by atoms with Gasteiger partial charge in [0.25, 0.3) is 0 Å². The second-order valence-corrected chi connectivity index (χ2v) is 20.7. The zero-order valence-electron chi connectivity index (χ0n) is 31.8. The maximum absolute atomic E-state index is 14.4. The number of aromatic nitrogens is 1. The number of aliphatic hydroxyl groups is 1. The van der Waals surface area contributed by atoms with E-state index in [0.717, 1.165) is 31.0 Å². The first kappa shape index (κ1) is 42.0. The number of nitrogens with zero attached hydrogens (tertiary/aromatic N) is 2. The average molecular weight is 766 g/mol. The fraction of sp³-hybridized carbons (Fsp3) is 0.676. The molecule has 2 N–H and O–H groups in total. The number of sulfonamides is 1. The Balaban J connectivity index is 1.75. The van der Waals surface area contributed by atoms with E-state index in [0.29, 0.717) is 36.8 Å². The normalized spacial score (nSPS) is 20.8. The SMILES string of the molecule is CCCCOc1ccc(C(O)[C@H](NC(=O)O[C@H]2CO[C@H]3OCC[C@H]32)[C@@H](CN(CC(C)C)S(=O)(=O)c2ccc(OC)cc2)O[Si](CC)(CC)CC)cn1. The van der Waals surface area contributed by atoms with Crippen LogP contribution in [0.1, 0.15) is 72.5 Å². The topological polar surface area (TPSA) is 155 Å². The molecule has 2 saturated heterocycles. The summed E-state index contributed by atoms with van der Waals surface area (Å²) in [7, 11) is -5.03. The minimum atomic E-state index is -4.06. The Hall–Kier alpha value is -2.79. The molecule has 292 valence electrons. The molecular weight excluding hydrogens is 707 g/mol. The van der Waals surface area contributed by atoms with Gasteiger partial charge in [-0.1, -0.05) is 48.0 Å². The molecule has 0 aliphatic carbocycles. The van der Waals surface area contributed by atoms with Gasteiger partial charge in [0.05, 0.1) is 49.9 Å². The summed E-state index contributed by atoms with van der Waals surface area (Å²) in [6.07, 6.45) is 0.0276. The molecule has 1 unspecified atom stereocenters. The van der Waals surface area contributed by atoms with Crippen molar-refractivity contribution in [3.05, 3.63) is 48.2 Å². The summed E-state index contributed by atoms with van der Waals surface area (Å²) in [6.45, 7) is 13.4. The van der Waals surface area contributed by atoms with Crippen LogP contribution in [-0.2, 0) is 28.7 Å². The number of unbranched alkanes of at least 4 members (excludes halogenated alkanes) is 1. The molecular formula is C37H59N3O10SSi. The largest absolute Gasteiger partial charge is 0.497 e. The Bertz CT molecular complexity index is 1490. The Morgan fingerprint density at radius 3 is 2.37 bits per heavy atom. The summed E-state index contributed by atoms with van der Waals surface area (Å²) in [6, 6.07) is 10.8. The predicted octanol–water partition coefficient (Wildman–Crippen LogP) is 5.90. The maximum Gasteiger partial charge on any atom is 0.407 e. The molecule has 2 aliphatic heterocycles. The van der Waals surface area contributed by atoms with Crippen LogP contribution in [0.25, 0.3) is 0 Å². The highest BCUT2D eigenvalue weighted by Crippen LogP contribution is 2.34. The highest BCUT2D eigenvalue weighted by atomic mass is 32.2. The van der Waals surface area contributed by atoms with Gasteiger partial charge in [-0.05, 0) is 67.2 Å². The molecule has 0 radical (unpaired) electrons. The third-order valence-electron chi connectivity index (χ3n) is 10.1. The molecule has 3 heterocycles. The van der Waals surface area contributed by atoms with Crippen molar-refractivity contribution >= 4 is 24.4 Å². The number of amides is 1. The van der Waals surface area contributed by atoms with E-state index in [1.165, 1.54) is 29.7 Å². The van der Waals surface area contributed by atoms with Crippen molar-refractivity contribution in [1.29, 1.82) is 0 Å². The molecule has 6 atom stereocenters. The van der Waals surface area contributed by atoms with Crippen LogP contribution in [0.2, 0.25) is 18.1 Å². The van der Waals surface area contributed by atoms with Crippen molar-refractivity contribution in [2.75, 3.05) is 40.0 Å². The molecule has 15 heteroatoms. The molecule has 2 aromatic rings. The first-order chi connectivity index (χ1) is 24.9. The minimum absolute atomic E-state index is 0.0473. The Morgan fingerprint density at radius 1 is 1.06 bits per heavy atom. The van der Waals surface area contributed by atoms with Gasteiger partial charge in [-0.15, -0.1) is 0 Å². The predicted molar refractivity (Wildman–Crippen MR) is 199 cm³/mol. The number of rotatable bonds is 21. The van der Waals surface area contributed by atoms with Gasteiger partial charge >= 0.3 is 6.09 Å². The standard InChI is InChI=1S/C37H59N3O10SSi/c1-8-12-20-46-33-18-13-27(22-38-33)35(41)34(39-37(42)49-32-25-48-36-30(32)19-21-47-36)31(50-52(9-2,10-3)11-4)24-40(23-26(5)6)51(43,44)29-16-14-28(45-7)15-17-29/h13-18,22,26,30-32,34-36,41H,8-12,19-21,23-25H2,1-7H3,(H,39,42)/t30-,31+,32-,34+,35?,36+/m0/s1. The molecule has 0 saturated carbocycles. The quantitative estimate of drug-likeness (QED) is 0.115. The zero-order valence-corrected chi connectivity index (χ0v) is 33.6. The van der Waals surface area contributed by atoms with Crippen LogP contribution in [0.3, 0.4) is 0 Å². The number of benzene rings is 1. The van der Waals surface area contributed by atoms with Crippen LogP contribution in [0, 0.1) is 11.8 Å². The Labute approximate surface area is 310 Å². The summed E-state index contributed by atoms with van der Waals surface area (Å²) in [5, 5.41) is 15.1. The van der Waals surface area contributed by atoms with E-state index >= 15 is 0 Å². The first-order valence-electron chi connectivity index (χ1n) is 18.7. The van der Waals surface area contributed by atoms with Crippen molar-refractivity contribution in [3.8, 4) is 11.6 Å². The van der Waals surface area contributed by atoms with Gasteiger partial charge < -0.3 is 38.5 Å². The number of hydrogen-bond donors (Lipinski definition) is 2. The van der Waals surface area contributed by atoms with Crippen molar-refractivity contribution < 1.29 is 46.4 Å². The Morgan fingerprint density at radius 2 is 1.77 bits per heavy atom. The summed E-state index contributed by atoms with van der Waals surface area (Å²) in [5.74, 6) is 0.805. The number of carbonyl (C=O) groups is 1. The van der Waals surface area contributed by atoms with Gasteiger partial charge in [0.15, 0.2) is 14.6 Å². The van der Waals surface area contributed by atoms with Gasteiger partial charge in [0, 0.05) is 30.9 Å². The Kier molecular flexibility index (Phi) is 15.7. The number of nitrogens with one attached hydrogen (secondary N) is 1. The zero-order chi connectivity index (χ0) is 37.9. The van der Waals surface area contributed by atoms with Gasteiger partial charge in [-0.25, -0.2) is 18.2 Å². The monoisotopic (exact) mass is 765 g/mol. The van der Waals surface area contributed by atoms with E-state index in [1.807, 2.05) is 13.8 Å². The lowest BCUT2D eigenvalue weighted by Crippen LogP contribution is -2.57. The van der Waals surface area contributed by atoms with E-state index in [4.69, 9.17) is 28.1 Å². The fourth-order valence-corrected chi connectivity index (χ4v) is 11.2. The van der Waals surface area contributed by atoms with Crippen LogP contribution in [0.5, 0.6) is 11.6 Å². The lowest BCUT2D eigenvalue weighted by molar-refractivity contribution is -0.0907. The molecule has 0 bridgehead atoms. The maximum atomic E-state index is 14.4. The third kappa shape index (κ3) is 10.7. The molecule has 0 spiro atoms. The molecule has 13 nitrogen and oxygen atoms in total. The van der Waals surface area contributed by atoms with Crippen molar-refractivity contribution in [1.82, 2.24) is 14.6 Å². The lowest BCUT2D eigenvalue weighted by Gasteiger charge is -2.41. The second kappa shape index (κ2) is 19.5. The van der Waals surface area contributed by atoms with Gasteiger partial charge in [0.2, 0.25) is 15.9 Å². The fourth-order valence-electron chi connectivity index (χ4n) is 6.73. The van der Waals surface area contributed by atoms with Crippen LogP contribution in [-0.4, -0.2) is 102 Å². The molecule has 1 aromatic carbocycles. The number of methoxy groups -OCH3 is 1. The van der Waals surface area contributed by atoms with Crippen molar-refractivity contribution in [2.24, 2.45) is 11.8 Å². The first-order valence-corrected chi connectivity index (χ1v) is 22.7. The second-order valence-electron chi connectivity index (χ2n) is 14.0. The molecule has 52 heavy (non-hydrogen) atoms. The highest BCUT2D eigenvalue weighted by Gasteiger charge is 2.46.